The van der Waals surface area contributed by atoms with Crippen LogP contribution < -0.4 is 4.90 Å². The molecule has 0 N–H and O–H groups in total. The lowest BCUT2D eigenvalue weighted by molar-refractivity contribution is 1.05. The molecule has 0 saturated carbocycles. The zero-order valence-corrected chi connectivity index (χ0v) is 10.9. The molecule has 0 atom stereocenters. The average molecular weight is 248 g/mol. The fourth-order valence-corrected chi connectivity index (χ4v) is 1.94. The number of halogens is 1. The van der Waals surface area contributed by atoms with E-state index in [-0.39, 0.29) is 0 Å². The molecule has 17 heavy (non-hydrogen) atoms. The first-order valence-electron chi connectivity index (χ1n) is 5.37. The van der Waals surface area contributed by atoms with Crippen molar-refractivity contribution in [2.24, 2.45) is 0 Å². The third-order valence-corrected chi connectivity index (χ3v) is 3.17. The number of para-hydroxylation sites is 1. The van der Waals surface area contributed by atoms with Crippen molar-refractivity contribution in [2.75, 3.05) is 11.9 Å². The maximum Gasteiger partial charge on any atom is 0.140 e. The predicted octanol–water partition coefficient (Wildman–Crippen LogP) is 3.51. The van der Waals surface area contributed by atoms with E-state index in [1.54, 1.807) is 0 Å². The van der Waals surface area contributed by atoms with Crippen molar-refractivity contribution in [1.82, 2.24) is 9.97 Å². The first kappa shape index (κ1) is 11.9. The van der Waals surface area contributed by atoms with Crippen LogP contribution in [0.4, 0.5) is 11.5 Å². The van der Waals surface area contributed by atoms with Gasteiger partial charge in [0.25, 0.3) is 0 Å². The quantitative estimate of drug-likeness (QED) is 0.761. The Morgan fingerprint density at radius 3 is 2.53 bits per heavy atom. The molecule has 0 spiro atoms. The summed E-state index contributed by atoms with van der Waals surface area (Å²) in [5, 5.41) is 0.496. The highest BCUT2D eigenvalue weighted by molar-refractivity contribution is 6.30. The van der Waals surface area contributed by atoms with Crippen LogP contribution in [0.15, 0.2) is 30.6 Å². The Labute approximate surface area is 106 Å². The van der Waals surface area contributed by atoms with Gasteiger partial charge in [-0.25, -0.2) is 9.97 Å². The maximum atomic E-state index is 6.01. The summed E-state index contributed by atoms with van der Waals surface area (Å²) in [5.74, 6) is 0.833. The van der Waals surface area contributed by atoms with Gasteiger partial charge in [0.2, 0.25) is 0 Å². The van der Waals surface area contributed by atoms with Gasteiger partial charge in [-0.05, 0) is 25.5 Å². The lowest BCUT2D eigenvalue weighted by atomic mass is 10.2. The van der Waals surface area contributed by atoms with Crippen LogP contribution in [-0.2, 0) is 0 Å². The number of benzene rings is 1. The lowest BCUT2D eigenvalue weighted by Gasteiger charge is -2.22. The van der Waals surface area contributed by atoms with Gasteiger partial charge >= 0.3 is 0 Å². The molecule has 2 aromatic rings. The van der Waals surface area contributed by atoms with Crippen molar-refractivity contribution in [3.05, 3.63) is 46.9 Å². The van der Waals surface area contributed by atoms with Crippen molar-refractivity contribution < 1.29 is 0 Å². The van der Waals surface area contributed by atoms with Gasteiger partial charge in [-0.3, -0.25) is 0 Å². The van der Waals surface area contributed by atoms with Gasteiger partial charge in [0.05, 0.1) is 0 Å². The van der Waals surface area contributed by atoms with E-state index in [0.717, 1.165) is 17.1 Å². The molecule has 0 fully saturated rings. The van der Waals surface area contributed by atoms with Gasteiger partial charge < -0.3 is 4.90 Å². The van der Waals surface area contributed by atoms with Crippen LogP contribution in [0.25, 0.3) is 0 Å². The van der Waals surface area contributed by atoms with Crippen LogP contribution in [0.3, 0.4) is 0 Å². The molecule has 0 aliphatic heterocycles. The highest BCUT2D eigenvalue weighted by Crippen LogP contribution is 2.29. The van der Waals surface area contributed by atoms with Crippen LogP contribution in [0.2, 0.25) is 5.15 Å². The Morgan fingerprint density at radius 1 is 1.12 bits per heavy atom. The average Bonchev–Trinajstić information content (AvgIpc) is 2.32. The van der Waals surface area contributed by atoms with Crippen molar-refractivity contribution in [1.29, 1.82) is 0 Å². The van der Waals surface area contributed by atoms with Crippen molar-refractivity contribution in [3.63, 3.8) is 0 Å². The zero-order valence-electron chi connectivity index (χ0n) is 10.1. The molecule has 0 aliphatic carbocycles. The van der Waals surface area contributed by atoms with E-state index in [4.69, 9.17) is 11.6 Å². The van der Waals surface area contributed by atoms with E-state index in [2.05, 4.69) is 29.0 Å². The summed E-state index contributed by atoms with van der Waals surface area (Å²) in [6, 6.07) is 8.16. The highest BCUT2D eigenvalue weighted by Gasteiger charge is 2.12. The fraction of sp³-hybridized carbons (Fsp3) is 0.231. The van der Waals surface area contributed by atoms with Gasteiger partial charge in [0.1, 0.15) is 17.3 Å². The number of rotatable bonds is 2. The Morgan fingerprint density at radius 2 is 1.82 bits per heavy atom. The molecule has 1 heterocycles. The second-order valence-electron chi connectivity index (χ2n) is 3.96. The minimum Gasteiger partial charge on any atom is -0.329 e. The summed E-state index contributed by atoms with van der Waals surface area (Å²) in [5.41, 5.74) is 3.20. The lowest BCUT2D eigenvalue weighted by Crippen LogP contribution is -2.14. The van der Waals surface area contributed by atoms with Crippen molar-refractivity contribution in [2.45, 2.75) is 13.8 Å². The van der Waals surface area contributed by atoms with Crippen LogP contribution in [0, 0.1) is 13.8 Å². The SMILES string of the molecule is Cc1ccccc1N(C)c1ncnc(Cl)c1C. The first-order valence-corrected chi connectivity index (χ1v) is 5.75. The standard InChI is InChI=1S/C13H14ClN3/c1-9-6-4-5-7-11(9)17(3)13-10(2)12(14)15-8-16-13/h4-8H,1-3H3. The van der Waals surface area contributed by atoms with Crippen molar-refractivity contribution in [3.8, 4) is 0 Å². The number of anilines is 2. The first-order chi connectivity index (χ1) is 8.11. The number of nitrogens with zero attached hydrogens (tertiary/aromatic N) is 3. The summed E-state index contributed by atoms with van der Waals surface area (Å²) in [6.07, 6.45) is 1.49. The Kier molecular flexibility index (Phi) is 3.29. The van der Waals surface area contributed by atoms with Gasteiger partial charge in [0.15, 0.2) is 0 Å². The number of hydrogen-bond donors (Lipinski definition) is 0. The van der Waals surface area contributed by atoms with Crippen LogP contribution in [0.5, 0.6) is 0 Å². The minimum atomic E-state index is 0.496. The summed E-state index contributed by atoms with van der Waals surface area (Å²) >= 11 is 6.01. The van der Waals surface area contributed by atoms with Crippen LogP contribution in [-0.4, -0.2) is 17.0 Å². The smallest absolute Gasteiger partial charge is 0.140 e. The van der Waals surface area contributed by atoms with Gasteiger partial charge in [-0.1, -0.05) is 29.8 Å². The molecule has 0 bridgehead atoms. The number of aryl methyl sites for hydroxylation is 1. The van der Waals surface area contributed by atoms with Crippen LogP contribution >= 0.6 is 11.6 Å². The molecule has 1 aromatic carbocycles. The zero-order chi connectivity index (χ0) is 12.4. The summed E-state index contributed by atoms with van der Waals surface area (Å²) in [4.78, 5) is 10.3. The molecule has 0 radical (unpaired) electrons. The Balaban J connectivity index is 2.48. The normalized spacial score (nSPS) is 10.4. The Hall–Kier alpha value is -1.61. The molecule has 0 unspecified atom stereocenters. The molecule has 88 valence electrons. The van der Waals surface area contributed by atoms with E-state index >= 15 is 0 Å². The summed E-state index contributed by atoms with van der Waals surface area (Å²) in [7, 11) is 1.98. The highest BCUT2D eigenvalue weighted by atomic mass is 35.5. The predicted molar refractivity (Wildman–Crippen MR) is 71.0 cm³/mol. The third kappa shape index (κ3) is 2.24. The summed E-state index contributed by atoms with van der Waals surface area (Å²) < 4.78 is 0. The van der Waals surface area contributed by atoms with E-state index in [0.29, 0.717) is 5.15 Å². The second kappa shape index (κ2) is 4.72. The van der Waals surface area contributed by atoms with E-state index in [1.807, 2.05) is 31.0 Å². The van der Waals surface area contributed by atoms with Crippen molar-refractivity contribution >= 4 is 23.1 Å². The monoisotopic (exact) mass is 247 g/mol. The maximum absolute atomic E-state index is 6.01. The minimum absolute atomic E-state index is 0.496. The Bertz CT molecular complexity index is 540. The van der Waals surface area contributed by atoms with Crippen LogP contribution in [0.1, 0.15) is 11.1 Å². The van der Waals surface area contributed by atoms with Gasteiger partial charge in [-0.2, -0.15) is 0 Å². The largest absolute Gasteiger partial charge is 0.329 e. The second-order valence-corrected chi connectivity index (χ2v) is 4.32. The fourth-order valence-electron chi connectivity index (χ4n) is 1.81. The van der Waals surface area contributed by atoms with Gasteiger partial charge in [0, 0.05) is 18.3 Å². The van der Waals surface area contributed by atoms with E-state index in [9.17, 15) is 0 Å². The van der Waals surface area contributed by atoms with E-state index in [1.165, 1.54) is 11.9 Å². The number of hydrogen-bond acceptors (Lipinski definition) is 3. The molecular weight excluding hydrogens is 234 g/mol. The molecule has 3 nitrogen and oxygen atoms in total. The molecule has 4 heteroatoms. The topological polar surface area (TPSA) is 29.0 Å². The number of aromatic nitrogens is 2. The molecule has 0 amide bonds. The molecule has 0 saturated heterocycles. The molecule has 0 aliphatic rings. The van der Waals surface area contributed by atoms with E-state index < -0.39 is 0 Å². The third-order valence-electron chi connectivity index (χ3n) is 2.79. The molecular formula is C13H14ClN3. The molecule has 1 aromatic heterocycles. The molecule has 2 rings (SSSR count). The summed E-state index contributed by atoms with van der Waals surface area (Å²) in [6.45, 7) is 4.00. The van der Waals surface area contributed by atoms with Gasteiger partial charge in [-0.15, -0.1) is 0 Å².